The minimum Gasteiger partial charge on any atom is -0.335 e. The molecule has 3 aliphatic heterocycles. The molecule has 10 rings (SSSR count). The van der Waals surface area contributed by atoms with E-state index in [2.05, 4.69) is 165 Å². The van der Waals surface area contributed by atoms with Gasteiger partial charge in [0.2, 0.25) is 0 Å². The summed E-state index contributed by atoms with van der Waals surface area (Å²) in [6.45, 7) is 12.1. The summed E-state index contributed by atoms with van der Waals surface area (Å²) >= 11 is 0. The highest BCUT2D eigenvalue weighted by Gasteiger charge is 2.61. The number of benzene rings is 5. The molecule has 51 heavy (non-hydrogen) atoms. The Morgan fingerprint density at radius 3 is 2.10 bits per heavy atom. The lowest BCUT2D eigenvalue weighted by molar-refractivity contribution is 0.195. The molecule has 0 bridgehead atoms. The Morgan fingerprint density at radius 1 is 0.647 bits per heavy atom. The molecule has 0 saturated heterocycles. The summed E-state index contributed by atoms with van der Waals surface area (Å²) in [6, 6.07) is 37.4. The Labute approximate surface area is 304 Å². The van der Waals surface area contributed by atoms with E-state index < -0.39 is 0 Å². The number of anilines is 7. The molecule has 5 aromatic rings. The number of fused-ring (bicyclic) bond motifs is 7. The third-order valence-electron chi connectivity index (χ3n) is 13.1. The summed E-state index contributed by atoms with van der Waals surface area (Å²) < 4.78 is 0. The lowest BCUT2D eigenvalue weighted by Gasteiger charge is -2.53. The fourth-order valence-corrected chi connectivity index (χ4v) is 10.6. The molecule has 0 amide bonds. The van der Waals surface area contributed by atoms with Gasteiger partial charge in [0.15, 0.2) is 0 Å². The second kappa shape index (κ2) is 11.0. The van der Waals surface area contributed by atoms with Crippen molar-refractivity contribution < 1.29 is 0 Å². The maximum Gasteiger partial charge on any atom is 0.252 e. The smallest absolute Gasteiger partial charge is 0.252 e. The van der Waals surface area contributed by atoms with Crippen molar-refractivity contribution in [2.75, 3.05) is 14.7 Å². The molecule has 3 heterocycles. The molecule has 2 atom stereocenters. The van der Waals surface area contributed by atoms with Gasteiger partial charge in [0.25, 0.3) is 6.71 Å². The minimum absolute atomic E-state index is 0.0310. The molecule has 0 aromatic heterocycles. The summed E-state index contributed by atoms with van der Waals surface area (Å²) in [7, 11) is 0. The number of nitrogens with zero attached hydrogens (tertiary/aromatic N) is 3. The van der Waals surface area contributed by atoms with E-state index in [1.54, 1.807) is 5.56 Å². The van der Waals surface area contributed by atoms with Crippen molar-refractivity contribution >= 4 is 62.9 Å². The van der Waals surface area contributed by atoms with Crippen molar-refractivity contribution in [3.05, 3.63) is 143 Å². The highest BCUT2D eigenvalue weighted by atomic mass is 15.3. The molecule has 1 fully saturated rings. The molecule has 0 spiro atoms. The Morgan fingerprint density at radius 2 is 1.37 bits per heavy atom. The van der Waals surface area contributed by atoms with Crippen LogP contribution in [0, 0.1) is 20.8 Å². The van der Waals surface area contributed by atoms with Gasteiger partial charge in [-0.3, -0.25) is 0 Å². The Bertz CT molecular complexity index is 2290. The van der Waals surface area contributed by atoms with Gasteiger partial charge in [0.05, 0.1) is 11.2 Å². The van der Waals surface area contributed by atoms with Gasteiger partial charge < -0.3 is 14.7 Å². The Balaban J connectivity index is 1.34. The van der Waals surface area contributed by atoms with Crippen molar-refractivity contribution in [3.63, 3.8) is 0 Å². The number of aryl methyl sites for hydroxylation is 3. The molecule has 4 heteroatoms. The van der Waals surface area contributed by atoms with Crippen LogP contribution in [-0.4, -0.2) is 12.3 Å². The van der Waals surface area contributed by atoms with E-state index in [-0.39, 0.29) is 17.7 Å². The second-order valence-electron chi connectivity index (χ2n) is 16.2. The van der Waals surface area contributed by atoms with E-state index in [1.165, 1.54) is 104 Å². The molecule has 5 aromatic carbocycles. The van der Waals surface area contributed by atoms with Crippen LogP contribution in [0.5, 0.6) is 0 Å². The fraction of sp³-hybridized carbons (Fsp3) is 0.277. The van der Waals surface area contributed by atoms with Crippen LogP contribution in [0.3, 0.4) is 0 Å². The second-order valence-corrected chi connectivity index (χ2v) is 16.2. The monoisotopic (exact) mass is 663 g/mol. The van der Waals surface area contributed by atoms with Crippen LogP contribution in [0.15, 0.2) is 121 Å². The molecule has 2 aliphatic carbocycles. The summed E-state index contributed by atoms with van der Waals surface area (Å²) in [5.74, 6) is 0. The van der Waals surface area contributed by atoms with Gasteiger partial charge in [-0.25, -0.2) is 0 Å². The minimum atomic E-state index is -0.0310. The number of allylic oxidation sites excluding steroid dienone is 3. The zero-order valence-electron chi connectivity index (χ0n) is 30.6. The summed E-state index contributed by atoms with van der Waals surface area (Å²) in [5, 5.41) is 0. The van der Waals surface area contributed by atoms with Gasteiger partial charge in [-0.05, 0) is 135 Å². The number of rotatable bonds is 4. The van der Waals surface area contributed by atoms with Crippen molar-refractivity contribution in [1.82, 2.24) is 0 Å². The van der Waals surface area contributed by atoms with Crippen molar-refractivity contribution in [2.24, 2.45) is 0 Å². The molecular weight excluding hydrogens is 617 g/mol. The number of para-hydroxylation sites is 1. The fourth-order valence-electron chi connectivity index (χ4n) is 10.6. The normalized spacial score (nSPS) is 22.2. The van der Waals surface area contributed by atoms with Crippen LogP contribution in [0.25, 0.3) is 0 Å². The average Bonchev–Trinajstić information content (AvgIpc) is 3.34. The third-order valence-corrected chi connectivity index (χ3v) is 13.1. The van der Waals surface area contributed by atoms with E-state index >= 15 is 0 Å². The Hall–Kier alpha value is -4.96. The molecule has 0 N–H and O–H groups in total. The SMILES string of the molecule is Cc1cccc(N(c2cccc(C)c2)c2cc3c4c(c2)N2c5c(cc(C)cc5C5(C)CCCCC25C)B4c2ccccc2N3C2=CCCC=C2)c1. The van der Waals surface area contributed by atoms with Gasteiger partial charge in [0, 0.05) is 45.2 Å². The van der Waals surface area contributed by atoms with Crippen LogP contribution in [0.4, 0.5) is 39.8 Å². The molecular formula is C47H46BN3. The maximum absolute atomic E-state index is 2.86. The molecule has 2 unspecified atom stereocenters. The first-order chi connectivity index (χ1) is 24.8. The van der Waals surface area contributed by atoms with Gasteiger partial charge >= 0.3 is 0 Å². The van der Waals surface area contributed by atoms with Crippen molar-refractivity contribution in [1.29, 1.82) is 0 Å². The van der Waals surface area contributed by atoms with E-state index in [0.717, 1.165) is 12.8 Å². The van der Waals surface area contributed by atoms with E-state index in [9.17, 15) is 0 Å². The van der Waals surface area contributed by atoms with E-state index in [1.807, 2.05) is 0 Å². The van der Waals surface area contributed by atoms with Crippen molar-refractivity contribution in [2.45, 2.75) is 84.1 Å². The highest BCUT2D eigenvalue weighted by Crippen LogP contribution is 2.62. The first kappa shape index (κ1) is 30.8. The zero-order valence-corrected chi connectivity index (χ0v) is 30.6. The van der Waals surface area contributed by atoms with Gasteiger partial charge in [-0.2, -0.15) is 0 Å². The predicted octanol–water partition coefficient (Wildman–Crippen LogP) is 10.3. The first-order valence-corrected chi connectivity index (χ1v) is 19.1. The van der Waals surface area contributed by atoms with E-state index in [0.29, 0.717) is 0 Å². The third kappa shape index (κ3) is 4.26. The molecule has 1 saturated carbocycles. The van der Waals surface area contributed by atoms with Gasteiger partial charge in [0.1, 0.15) is 0 Å². The van der Waals surface area contributed by atoms with Crippen LogP contribution in [-0.2, 0) is 5.41 Å². The van der Waals surface area contributed by atoms with Gasteiger partial charge in [-0.1, -0.05) is 92.1 Å². The van der Waals surface area contributed by atoms with Crippen LogP contribution < -0.4 is 31.1 Å². The van der Waals surface area contributed by atoms with Crippen LogP contribution >= 0.6 is 0 Å². The Kier molecular flexibility index (Phi) is 6.66. The molecule has 252 valence electrons. The van der Waals surface area contributed by atoms with E-state index in [4.69, 9.17) is 0 Å². The average molecular weight is 664 g/mol. The lowest BCUT2D eigenvalue weighted by atomic mass is 9.33. The molecule has 5 aliphatic rings. The standard InChI is InChI=1S/C47H46BN3/c1-31-15-13-19-35(25-31)49(36-20-14-16-32(2)26-36)37-29-42-44-43(30-37)51-45-38(46(4)23-11-12-24-47(46,51)5)27-33(3)28-40(45)48(44)39-21-9-10-22-41(39)50(42)34-17-7-6-8-18-34/h7,9-10,13-22,25-30H,6,8,11-12,23-24H2,1-5H3. The van der Waals surface area contributed by atoms with Crippen molar-refractivity contribution in [3.8, 4) is 0 Å². The molecule has 0 radical (unpaired) electrons. The topological polar surface area (TPSA) is 9.72 Å². The number of hydrogen-bond acceptors (Lipinski definition) is 3. The highest BCUT2D eigenvalue weighted by molar-refractivity contribution is 7.00. The largest absolute Gasteiger partial charge is 0.335 e. The predicted molar refractivity (Wildman–Crippen MR) is 218 cm³/mol. The summed E-state index contributed by atoms with van der Waals surface area (Å²) in [5.41, 5.74) is 20.1. The quantitative estimate of drug-likeness (QED) is 0.177. The summed E-state index contributed by atoms with van der Waals surface area (Å²) in [4.78, 5) is 7.95. The maximum atomic E-state index is 2.86. The zero-order chi connectivity index (χ0) is 34.6. The lowest BCUT2D eigenvalue weighted by Crippen LogP contribution is -2.64. The molecule has 3 nitrogen and oxygen atoms in total. The number of hydrogen-bond donors (Lipinski definition) is 0. The van der Waals surface area contributed by atoms with Gasteiger partial charge in [-0.15, -0.1) is 0 Å². The first-order valence-electron chi connectivity index (χ1n) is 19.1. The van der Waals surface area contributed by atoms with Crippen LogP contribution in [0.2, 0.25) is 0 Å². The van der Waals surface area contributed by atoms with Crippen LogP contribution in [0.1, 0.15) is 74.6 Å². The summed E-state index contributed by atoms with van der Waals surface area (Å²) in [6.07, 6.45) is 14.3.